The van der Waals surface area contributed by atoms with Gasteiger partial charge in [0.2, 0.25) is 0 Å². The van der Waals surface area contributed by atoms with E-state index in [1.54, 1.807) is 30.1 Å². The van der Waals surface area contributed by atoms with Crippen LogP contribution in [0.5, 0.6) is 11.5 Å². The van der Waals surface area contributed by atoms with Gasteiger partial charge in [0.1, 0.15) is 13.2 Å². The van der Waals surface area contributed by atoms with E-state index in [1.165, 1.54) is 0 Å². The van der Waals surface area contributed by atoms with Gasteiger partial charge in [0, 0.05) is 13.6 Å². The molecular formula is C12H16N2O3. The number of rotatable bonds is 3. The summed E-state index contributed by atoms with van der Waals surface area (Å²) in [6, 6.07) is 5.31. The maximum Gasteiger partial charge on any atom is 0.257 e. The fourth-order valence-corrected chi connectivity index (χ4v) is 1.71. The highest BCUT2D eigenvalue weighted by molar-refractivity contribution is 5.98. The van der Waals surface area contributed by atoms with Crippen LogP contribution in [0.1, 0.15) is 10.4 Å². The Labute approximate surface area is 100 Å². The molecule has 2 rings (SSSR count). The van der Waals surface area contributed by atoms with Gasteiger partial charge in [-0.2, -0.15) is 0 Å². The molecule has 0 aliphatic carbocycles. The fraction of sp³-hybridized carbons (Fsp3) is 0.417. The third-order valence-electron chi connectivity index (χ3n) is 2.60. The van der Waals surface area contributed by atoms with E-state index >= 15 is 0 Å². The van der Waals surface area contributed by atoms with E-state index in [0.717, 1.165) is 0 Å². The smallest absolute Gasteiger partial charge is 0.257 e. The highest BCUT2D eigenvalue weighted by atomic mass is 16.5. The van der Waals surface area contributed by atoms with Gasteiger partial charge in [0.15, 0.2) is 11.5 Å². The number of carbonyl (C=O) groups is 1. The standard InChI is InChI=1S/C12H16N2O3/c1-14-6-8-17-11-9(12(14)15)3-2-4-10(11)16-7-5-13/h2-4H,5-8,13H2,1H3. The predicted molar refractivity (Wildman–Crippen MR) is 63.4 cm³/mol. The Morgan fingerprint density at radius 2 is 2.35 bits per heavy atom. The summed E-state index contributed by atoms with van der Waals surface area (Å²) < 4.78 is 11.1. The summed E-state index contributed by atoms with van der Waals surface area (Å²) in [5.74, 6) is 1.06. The second-order valence-electron chi connectivity index (χ2n) is 3.85. The summed E-state index contributed by atoms with van der Waals surface area (Å²) in [6.07, 6.45) is 0. The topological polar surface area (TPSA) is 64.8 Å². The average molecular weight is 236 g/mol. The molecule has 1 aliphatic heterocycles. The average Bonchev–Trinajstić information content (AvgIpc) is 2.49. The van der Waals surface area contributed by atoms with Crippen molar-refractivity contribution in [1.29, 1.82) is 0 Å². The SMILES string of the molecule is CN1CCOc2c(OCCN)cccc2C1=O. The Kier molecular flexibility index (Phi) is 3.49. The van der Waals surface area contributed by atoms with Crippen LogP contribution in [-0.2, 0) is 0 Å². The third kappa shape index (κ3) is 2.34. The first-order valence-corrected chi connectivity index (χ1v) is 5.58. The summed E-state index contributed by atoms with van der Waals surface area (Å²) in [5.41, 5.74) is 5.93. The molecule has 0 aromatic heterocycles. The van der Waals surface area contributed by atoms with E-state index in [0.29, 0.717) is 43.4 Å². The van der Waals surface area contributed by atoms with Crippen molar-refractivity contribution in [2.24, 2.45) is 5.73 Å². The Balaban J connectivity index is 2.36. The molecule has 17 heavy (non-hydrogen) atoms. The fourth-order valence-electron chi connectivity index (χ4n) is 1.71. The van der Waals surface area contributed by atoms with Gasteiger partial charge in [0.05, 0.1) is 12.1 Å². The van der Waals surface area contributed by atoms with Gasteiger partial charge >= 0.3 is 0 Å². The number of fused-ring (bicyclic) bond motifs is 1. The number of nitrogens with zero attached hydrogens (tertiary/aromatic N) is 1. The van der Waals surface area contributed by atoms with Gasteiger partial charge in [-0.3, -0.25) is 4.79 Å². The molecule has 0 fully saturated rings. The second-order valence-corrected chi connectivity index (χ2v) is 3.85. The van der Waals surface area contributed by atoms with Gasteiger partial charge in [-0.05, 0) is 12.1 Å². The highest BCUT2D eigenvalue weighted by Gasteiger charge is 2.23. The molecule has 5 nitrogen and oxygen atoms in total. The van der Waals surface area contributed by atoms with Crippen LogP contribution in [0.25, 0.3) is 0 Å². The number of benzene rings is 1. The number of para-hydroxylation sites is 1. The number of likely N-dealkylation sites (N-methyl/N-ethyl adjacent to an activating group) is 1. The number of amides is 1. The van der Waals surface area contributed by atoms with Gasteiger partial charge < -0.3 is 20.1 Å². The highest BCUT2D eigenvalue weighted by Crippen LogP contribution is 2.33. The molecular weight excluding hydrogens is 220 g/mol. The number of nitrogens with two attached hydrogens (primary N) is 1. The minimum Gasteiger partial charge on any atom is -0.488 e. The van der Waals surface area contributed by atoms with Gasteiger partial charge in [-0.1, -0.05) is 6.07 Å². The molecule has 1 aromatic rings. The molecule has 0 radical (unpaired) electrons. The van der Waals surface area contributed by atoms with Crippen LogP contribution in [0.2, 0.25) is 0 Å². The molecule has 0 atom stereocenters. The normalized spacial score (nSPS) is 14.9. The molecule has 0 saturated heterocycles. The van der Waals surface area contributed by atoms with Crippen LogP contribution in [0.4, 0.5) is 0 Å². The summed E-state index contributed by atoms with van der Waals surface area (Å²) in [7, 11) is 1.76. The van der Waals surface area contributed by atoms with Crippen LogP contribution in [0.15, 0.2) is 18.2 Å². The maximum atomic E-state index is 12.0. The first-order chi connectivity index (χ1) is 8.24. The lowest BCUT2D eigenvalue weighted by Gasteiger charge is -2.13. The number of ether oxygens (including phenoxy) is 2. The van der Waals surface area contributed by atoms with E-state index in [9.17, 15) is 4.79 Å². The Morgan fingerprint density at radius 1 is 1.53 bits per heavy atom. The molecule has 2 N–H and O–H groups in total. The first kappa shape index (κ1) is 11.7. The van der Waals surface area contributed by atoms with E-state index < -0.39 is 0 Å². The minimum absolute atomic E-state index is 0.0456. The Hall–Kier alpha value is -1.75. The largest absolute Gasteiger partial charge is 0.488 e. The van der Waals surface area contributed by atoms with Crippen molar-refractivity contribution in [3.8, 4) is 11.5 Å². The lowest BCUT2D eigenvalue weighted by atomic mass is 10.1. The molecule has 5 heteroatoms. The Morgan fingerprint density at radius 3 is 3.12 bits per heavy atom. The van der Waals surface area contributed by atoms with Crippen molar-refractivity contribution in [1.82, 2.24) is 4.90 Å². The monoisotopic (exact) mass is 236 g/mol. The third-order valence-corrected chi connectivity index (χ3v) is 2.60. The quantitative estimate of drug-likeness (QED) is 0.829. The molecule has 0 unspecified atom stereocenters. The second kappa shape index (κ2) is 5.05. The molecule has 1 aliphatic rings. The van der Waals surface area contributed by atoms with Gasteiger partial charge in [-0.25, -0.2) is 0 Å². The van der Waals surface area contributed by atoms with Crippen molar-refractivity contribution < 1.29 is 14.3 Å². The van der Waals surface area contributed by atoms with E-state index in [2.05, 4.69) is 0 Å². The van der Waals surface area contributed by atoms with Crippen molar-refractivity contribution in [3.05, 3.63) is 23.8 Å². The predicted octanol–water partition coefficient (Wildman–Crippen LogP) is 0.488. The van der Waals surface area contributed by atoms with E-state index in [1.807, 2.05) is 0 Å². The van der Waals surface area contributed by atoms with Crippen molar-refractivity contribution in [2.75, 3.05) is 33.4 Å². The summed E-state index contributed by atoms with van der Waals surface area (Å²) in [4.78, 5) is 13.7. The lowest BCUT2D eigenvalue weighted by molar-refractivity contribution is 0.0797. The number of hydrogen-bond acceptors (Lipinski definition) is 4. The van der Waals surface area contributed by atoms with Crippen LogP contribution in [-0.4, -0.2) is 44.2 Å². The van der Waals surface area contributed by atoms with Gasteiger partial charge in [-0.15, -0.1) is 0 Å². The summed E-state index contributed by atoms with van der Waals surface area (Å²) in [5, 5.41) is 0. The first-order valence-electron chi connectivity index (χ1n) is 5.58. The molecule has 0 bridgehead atoms. The molecule has 92 valence electrons. The zero-order chi connectivity index (χ0) is 12.3. The zero-order valence-corrected chi connectivity index (χ0v) is 9.81. The van der Waals surface area contributed by atoms with E-state index in [4.69, 9.17) is 15.2 Å². The molecule has 1 heterocycles. The van der Waals surface area contributed by atoms with Crippen molar-refractivity contribution in [2.45, 2.75) is 0 Å². The summed E-state index contributed by atoms with van der Waals surface area (Å²) in [6.45, 7) is 1.88. The Bertz CT molecular complexity index is 420. The van der Waals surface area contributed by atoms with Crippen molar-refractivity contribution >= 4 is 5.91 Å². The maximum absolute atomic E-state index is 12.0. The molecule has 0 saturated carbocycles. The van der Waals surface area contributed by atoms with E-state index in [-0.39, 0.29) is 5.91 Å². The van der Waals surface area contributed by atoms with Crippen LogP contribution in [0.3, 0.4) is 0 Å². The molecule has 0 spiro atoms. The van der Waals surface area contributed by atoms with Crippen LogP contribution in [0, 0.1) is 0 Å². The molecule has 1 amide bonds. The van der Waals surface area contributed by atoms with Crippen molar-refractivity contribution in [3.63, 3.8) is 0 Å². The minimum atomic E-state index is -0.0456. The summed E-state index contributed by atoms with van der Waals surface area (Å²) >= 11 is 0. The lowest BCUT2D eigenvalue weighted by Crippen LogP contribution is -2.27. The van der Waals surface area contributed by atoms with Crippen LogP contribution >= 0.6 is 0 Å². The zero-order valence-electron chi connectivity index (χ0n) is 9.81. The number of hydrogen-bond donors (Lipinski definition) is 1. The van der Waals surface area contributed by atoms with Gasteiger partial charge in [0.25, 0.3) is 5.91 Å². The number of carbonyl (C=O) groups excluding carboxylic acids is 1. The molecule has 1 aromatic carbocycles. The van der Waals surface area contributed by atoms with Crippen LogP contribution < -0.4 is 15.2 Å².